The summed E-state index contributed by atoms with van der Waals surface area (Å²) in [6.45, 7) is 2.14. The van der Waals surface area contributed by atoms with Gasteiger partial charge in [-0.1, -0.05) is 6.07 Å². The molecule has 0 aliphatic carbocycles. The highest BCUT2D eigenvalue weighted by Crippen LogP contribution is 2.32. The van der Waals surface area contributed by atoms with Crippen LogP contribution in [-0.2, 0) is 4.84 Å². The van der Waals surface area contributed by atoms with Crippen molar-refractivity contribution >= 4 is 5.95 Å². The molecule has 2 aliphatic rings. The molecule has 0 bridgehead atoms. The van der Waals surface area contributed by atoms with E-state index in [1.165, 1.54) is 6.26 Å². The van der Waals surface area contributed by atoms with E-state index in [4.69, 9.17) is 0 Å². The number of benzene rings is 1. The second-order valence-corrected chi connectivity index (χ2v) is 7.59. The van der Waals surface area contributed by atoms with Crippen LogP contribution in [0.15, 0.2) is 60.8 Å². The van der Waals surface area contributed by atoms with Gasteiger partial charge in [-0.05, 0) is 30.0 Å². The zero-order valence-corrected chi connectivity index (χ0v) is 17.0. The molecule has 3 aromatic rings. The lowest BCUT2D eigenvalue weighted by Crippen LogP contribution is -2.29. The number of hydrogen-bond donors (Lipinski definition) is 4. The summed E-state index contributed by atoms with van der Waals surface area (Å²) in [6.07, 6.45) is 8.91. The van der Waals surface area contributed by atoms with Crippen molar-refractivity contribution in [3.8, 4) is 28.1 Å². The van der Waals surface area contributed by atoms with E-state index >= 15 is 0 Å². The van der Waals surface area contributed by atoms with Crippen molar-refractivity contribution < 1.29 is 14.3 Å². The molecule has 0 spiro atoms. The lowest BCUT2D eigenvalue weighted by Gasteiger charge is -2.18. The number of nitrogens with zero attached hydrogens (tertiary/aromatic N) is 5. The fraction of sp³-hybridized carbons (Fsp3) is 0.238. The maximum atomic E-state index is 13.6. The van der Waals surface area contributed by atoms with Gasteiger partial charge >= 0.3 is 0 Å². The Morgan fingerprint density at radius 1 is 1.25 bits per heavy atom. The standard InChI is InChI=1S/C21H21FN8O2/c22-20-17(4-6-32-29-20)23-8-13-3-5-30(12-13)21-24-11-18(27-28-21)16-2-1-14(7-19(16)31)15-9-25-26-10-15/h1-2,4,6-7,9-11,13,23,29,31H,3,5,8,12H2,(H,25,26). The third-order valence-electron chi connectivity index (χ3n) is 5.49. The number of phenols is 1. The topological polar surface area (TPSA) is 124 Å². The highest BCUT2D eigenvalue weighted by atomic mass is 19.1. The van der Waals surface area contributed by atoms with Gasteiger partial charge in [0.2, 0.25) is 11.9 Å². The minimum atomic E-state index is -0.536. The number of allylic oxidation sites excluding steroid dienone is 1. The number of rotatable bonds is 6. The van der Waals surface area contributed by atoms with Crippen LogP contribution in [0.3, 0.4) is 0 Å². The Labute approximate surface area is 182 Å². The van der Waals surface area contributed by atoms with Gasteiger partial charge in [-0.25, -0.2) is 4.98 Å². The van der Waals surface area contributed by atoms with Gasteiger partial charge in [0, 0.05) is 43.0 Å². The molecule has 0 saturated carbocycles. The maximum absolute atomic E-state index is 13.6. The average molecular weight is 436 g/mol. The van der Waals surface area contributed by atoms with E-state index in [2.05, 4.69) is 41.0 Å². The molecule has 1 aromatic carbocycles. The molecule has 4 N–H and O–H groups in total. The fourth-order valence-corrected chi connectivity index (χ4v) is 3.76. The lowest BCUT2D eigenvalue weighted by atomic mass is 10.0. The quantitative estimate of drug-likeness (QED) is 0.431. The average Bonchev–Trinajstić information content (AvgIpc) is 3.51. The highest BCUT2D eigenvalue weighted by Gasteiger charge is 2.25. The molecule has 0 radical (unpaired) electrons. The number of aromatic nitrogens is 5. The van der Waals surface area contributed by atoms with Crippen LogP contribution in [0.4, 0.5) is 10.3 Å². The minimum absolute atomic E-state index is 0.0954. The van der Waals surface area contributed by atoms with Crippen LogP contribution in [0.2, 0.25) is 0 Å². The van der Waals surface area contributed by atoms with E-state index in [1.54, 1.807) is 36.8 Å². The smallest absolute Gasteiger partial charge is 0.245 e. The van der Waals surface area contributed by atoms with E-state index in [1.807, 2.05) is 11.0 Å². The molecule has 5 rings (SSSR count). The zero-order valence-electron chi connectivity index (χ0n) is 17.0. The Morgan fingerprint density at radius 3 is 2.94 bits per heavy atom. The number of H-pyrrole nitrogens is 1. The number of anilines is 1. The summed E-state index contributed by atoms with van der Waals surface area (Å²) in [6, 6.07) is 5.33. The number of aromatic hydroxyl groups is 1. The first-order valence-electron chi connectivity index (χ1n) is 10.2. The fourth-order valence-electron chi connectivity index (χ4n) is 3.76. The molecule has 0 amide bonds. The van der Waals surface area contributed by atoms with Gasteiger partial charge in [-0.15, -0.1) is 10.2 Å². The van der Waals surface area contributed by atoms with E-state index in [0.29, 0.717) is 35.4 Å². The number of halogens is 1. The summed E-state index contributed by atoms with van der Waals surface area (Å²) < 4.78 is 13.6. The van der Waals surface area contributed by atoms with Crippen LogP contribution in [0.1, 0.15) is 6.42 Å². The van der Waals surface area contributed by atoms with Crippen LogP contribution < -0.4 is 15.7 Å². The molecule has 11 heteroatoms. The summed E-state index contributed by atoms with van der Waals surface area (Å²) in [5, 5.41) is 28.7. The maximum Gasteiger partial charge on any atom is 0.245 e. The SMILES string of the molecule is Oc1cc(-c2cn[nH]c2)ccc1-c1cnc(N2CCC(CNC3=C(F)NOC=C3)C2)nn1. The molecule has 2 aliphatic heterocycles. The van der Waals surface area contributed by atoms with Gasteiger partial charge in [0.05, 0.1) is 18.1 Å². The van der Waals surface area contributed by atoms with Gasteiger partial charge in [-0.3, -0.25) is 5.10 Å². The Kier molecular flexibility index (Phi) is 5.28. The van der Waals surface area contributed by atoms with Crippen molar-refractivity contribution in [2.75, 3.05) is 24.5 Å². The summed E-state index contributed by atoms with van der Waals surface area (Å²) >= 11 is 0. The number of phenolic OH excluding ortho intramolecular Hbond substituents is 1. The molecule has 10 nitrogen and oxygen atoms in total. The Bertz CT molecular complexity index is 1150. The Balaban J connectivity index is 1.22. The molecule has 164 valence electrons. The summed E-state index contributed by atoms with van der Waals surface area (Å²) in [5.74, 6) is 0.405. The van der Waals surface area contributed by atoms with E-state index in [0.717, 1.165) is 30.6 Å². The molecule has 1 unspecified atom stereocenters. The van der Waals surface area contributed by atoms with Crippen molar-refractivity contribution in [2.45, 2.75) is 6.42 Å². The largest absolute Gasteiger partial charge is 0.507 e. The van der Waals surface area contributed by atoms with E-state index in [-0.39, 0.29) is 5.75 Å². The van der Waals surface area contributed by atoms with E-state index in [9.17, 15) is 9.50 Å². The summed E-state index contributed by atoms with van der Waals surface area (Å²) in [7, 11) is 0. The van der Waals surface area contributed by atoms with Crippen molar-refractivity contribution in [2.24, 2.45) is 5.92 Å². The van der Waals surface area contributed by atoms with Gasteiger partial charge in [0.1, 0.15) is 17.7 Å². The third kappa shape index (κ3) is 4.04. The molecule has 2 aromatic heterocycles. The third-order valence-corrected chi connectivity index (χ3v) is 5.49. The van der Waals surface area contributed by atoms with E-state index < -0.39 is 5.95 Å². The normalized spacial score (nSPS) is 17.9. The minimum Gasteiger partial charge on any atom is -0.507 e. The van der Waals surface area contributed by atoms with Crippen molar-refractivity contribution in [3.63, 3.8) is 0 Å². The number of nitrogens with one attached hydrogen (secondary N) is 3. The molecule has 1 fully saturated rings. The van der Waals surface area contributed by atoms with Crippen LogP contribution >= 0.6 is 0 Å². The molecule has 1 saturated heterocycles. The van der Waals surface area contributed by atoms with Crippen molar-refractivity contribution in [1.82, 2.24) is 36.2 Å². The second kappa shape index (κ2) is 8.53. The predicted molar refractivity (Wildman–Crippen MR) is 114 cm³/mol. The van der Waals surface area contributed by atoms with Crippen LogP contribution in [0, 0.1) is 5.92 Å². The number of aromatic amines is 1. The lowest BCUT2D eigenvalue weighted by molar-refractivity contribution is 0.130. The van der Waals surface area contributed by atoms with Gasteiger partial charge in [0.25, 0.3) is 0 Å². The number of hydrogen-bond acceptors (Lipinski definition) is 9. The van der Waals surface area contributed by atoms with Gasteiger partial charge in [0.15, 0.2) is 0 Å². The highest BCUT2D eigenvalue weighted by molar-refractivity contribution is 5.73. The van der Waals surface area contributed by atoms with Crippen molar-refractivity contribution in [3.05, 3.63) is 60.8 Å². The first-order valence-corrected chi connectivity index (χ1v) is 10.2. The molecule has 4 heterocycles. The summed E-state index contributed by atoms with van der Waals surface area (Å²) in [5.41, 5.74) is 5.32. The Hall–Kier alpha value is -4.15. The monoisotopic (exact) mass is 436 g/mol. The van der Waals surface area contributed by atoms with Crippen LogP contribution in [-0.4, -0.2) is 50.1 Å². The van der Waals surface area contributed by atoms with Crippen LogP contribution in [0.25, 0.3) is 22.4 Å². The first-order chi connectivity index (χ1) is 15.7. The predicted octanol–water partition coefficient (Wildman–Crippen LogP) is 2.24. The van der Waals surface area contributed by atoms with Crippen LogP contribution in [0.5, 0.6) is 5.75 Å². The zero-order chi connectivity index (χ0) is 21.9. The molecule has 1 atom stereocenters. The molecule has 32 heavy (non-hydrogen) atoms. The van der Waals surface area contributed by atoms with Gasteiger partial charge in [-0.2, -0.15) is 15.0 Å². The Morgan fingerprint density at radius 2 is 2.19 bits per heavy atom. The summed E-state index contributed by atoms with van der Waals surface area (Å²) in [4.78, 5) is 11.2. The first kappa shape index (κ1) is 19.8. The molecular formula is C21H21FN8O2. The number of hydroxylamine groups is 1. The molecular weight excluding hydrogens is 415 g/mol. The van der Waals surface area contributed by atoms with Gasteiger partial charge < -0.3 is 20.2 Å². The van der Waals surface area contributed by atoms with Crippen molar-refractivity contribution in [1.29, 1.82) is 0 Å². The second-order valence-electron chi connectivity index (χ2n) is 7.59.